The highest BCUT2D eigenvalue weighted by atomic mass is 16.3. The van der Waals surface area contributed by atoms with Gasteiger partial charge in [0.05, 0.1) is 35.8 Å². The molecule has 0 unspecified atom stereocenters. The second-order valence-electron chi connectivity index (χ2n) is 6.96. The molecule has 0 radical (unpaired) electrons. The number of aromatic nitrogens is 4. The zero-order valence-electron chi connectivity index (χ0n) is 15.3. The monoisotopic (exact) mass is 362 g/mol. The van der Waals surface area contributed by atoms with Crippen LogP contribution in [-0.2, 0) is 0 Å². The van der Waals surface area contributed by atoms with E-state index in [0.29, 0.717) is 16.6 Å². The molecule has 0 saturated heterocycles. The van der Waals surface area contributed by atoms with Gasteiger partial charge in [0.25, 0.3) is 5.56 Å². The van der Waals surface area contributed by atoms with E-state index in [-0.39, 0.29) is 18.2 Å². The van der Waals surface area contributed by atoms with Crippen LogP contribution in [0.5, 0.6) is 0 Å². The molecule has 0 fully saturated rings. The summed E-state index contributed by atoms with van der Waals surface area (Å²) in [5, 5.41) is 9.98. The van der Waals surface area contributed by atoms with E-state index in [2.05, 4.69) is 16.0 Å². The van der Waals surface area contributed by atoms with Gasteiger partial charge in [0.15, 0.2) is 0 Å². The number of fused-ring (bicyclic) bond motifs is 1. The van der Waals surface area contributed by atoms with E-state index in [1.165, 1.54) is 22.9 Å². The Bertz CT molecular complexity index is 1060. The third kappa shape index (κ3) is 3.28. The SMILES string of the molecule is C[C@@H](CO)n1cnc2c(-c3cccnc3)nc(C3=CCCCC3)cc2c1=O. The van der Waals surface area contributed by atoms with Crippen LogP contribution < -0.4 is 5.56 Å². The summed E-state index contributed by atoms with van der Waals surface area (Å²) in [6.07, 6.45) is 11.5. The van der Waals surface area contributed by atoms with Crippen molar-refractivity contribution in [3.63, 3.8) is 0 Å². The Labute approximate surface area is 157 Å². The molecule has 1 aliphatic carbocycles. The van der Waals surface area contributed by atoms with Crippen molar-refractivity contribution >= 4 is 16.5 Å². The molecular weight excluding hydrogens is 340 g/mol. The van der Waals surface area contributed by atoms with E-state index in [1.54, 1.807) is 19.3 Å². The Morgan fingerprint density at radius 2 is 2.22 bits per heavy atom. The first-order chi connectivity index (χ1) is 13.2. The lowest BCUT2D eigenvalue weighted by molar-refractivity contribution is 0.236. The third-order valence-electron chi connectivity index (χ3n) is 5.06. The van der Waals surface area contributed by atoms with Crippen molar-refractivity contribution in [1.29, 1.82) is 0 Å². The highest BCUT2D eigenvalue weighted by Gasteiger charge is 2.18. The maximum absolute atomic E-state index is 13.1. The van der Waals surface area contributed by atoms with Crippen LogP contribution in [0.1, 0.15) is 44.3 Å². The molecule has 0 bridgehead atoms. The van der Waals surface area contributed by atoms with Gasteiger partial charge in [-0.1, -0.05) is 6.08 Å². The fourth-order valence-corrected chi connectivity index (χ4v) is 3.48. The second-order valence-corrected chi connectivity index (χ2v) is 6.96. The largest absolute Gasteiger partial charge is 0.394 e. The molecule has 4 rings (SSSR count). The topological polar surface area (TPSA) is 80.9 Å². The van der Waals surface area contributed by atoms with Crippen LogP contribution in [0.25, 0.3) is 27.7 Å². The zero-order valence-corrected chi connectivity index (χ0v) is 15.3. The molecule has 3 heterocycles. The Hall–Kier alpha value is -2.86. The maximum atomic E-state index is 13.1. The number of allylic oxidation sites excluding steroid dienone is 2. The van der Waals surface area contributed by atoms with Crippen molar-refractivity contribution in [2.45, 2.75) is 38.6 Å². The second kappa shape index (κ2) is 7.40. The Kier molecular flexibility index (Phi) is 4.81. The van der Waals surface area contributed by atoms with Crippen LogP contribution >= 0.6 is 0 Å². The fraction of sp³-hybridized carbons (Fsp3) is 0.333. The average molecular weight is 362 g/mol. The molecule has 1 N–H and O–H groups in total. The highest BCUT2D eigenvalue weighted by Crippen LogP contribution is 2.30. The minimum atomic E-state index is -0.332. The van der Waals surface area contributed by atoms with E-state index in [4.69, 9.17) is 4.98 Å². The van der Waals surface area contributed by atoms with Gasteiger partial charge in [-0.25, -0.2) is 9.97 Å². The lowest BCUT2D eigenvalue weighted by Crippen LogP contribution is -2.26. The van der Waals surface area contributed by atoms with Crippen LogP contribution in [0.2, 0.25) is 0 Å². The average Bonchev–Trinajstić information content (AvgIpc) is 2.74. The van der Waals surface area contributed by atoms with E-state index in [0.717, 1.165) is 30.5 Å². The first kappa shape index (κ1) is 17.5. The number of hydrogen-bond acceptors (Lipinski definition) is 5. The van der Waals surface area contributed by atoms with Crippen LogP contribution in [0, 0.1) is 0 Å². The minimum Gasteiger partial charge on any atom is -0.394 e. The van der Waals surface area contributed by atoms with Gasteiger partial charge < -0.3 is 5.11 Å². The van der Waals surface area contributed by atoms with E-state index in [9.17, 15) is 9.90 Å². The normalized spacial score (nSPS) is 15.6. The Balaban J connectivity index is 2.01. The van der Waals surface area contributed by atoms with Crippen molar-refractivity contribution in [2.75, 3.05) is 6.61 Å². The fourth-order valence-electron chi connectivity index (χ4n) is 3.48. The third-order valence-corrected chi connectivity index (χ3v) is 5.06. The number of hydrogen-bond donors (Lipinski definition) is 1. The number of aliphatic hydroxyl groups excluding tert-OH is 1. The van der Waals surface area contributed by atoms with Crippen molar-refractivity contribution < 1.29 is 5.11 Å². The van der Waals surface area contributed by atoms with Crippen LogP contribution in [0.15, 0.2) is 47.8 Å². The summed E-state index contributed by atoms with van der Waals surface area (Å²) in [4.78, 5) is 26.7. The zero-order chi connectivity index (χ0) is 18.8. The van der Waals surface area contributed by atoms with E-state index < -0.39 is 0 Å². The molecular formula is C21H22N4O2. The van der Waals surface area contributed by atoms with Crippen LogP contribution in [-0.4, -0.2) is 31.2 Å². The number of pyridine rings is 2. The molecule has 6 heteroatoms. The molecule has 1 atom stereocenters. The van der Waals surface area contributed by atoms with Crippen molar-refractivity contribution in [2.24, 2.45) is 0 Å². The maximum Gasteiger partial charge on any atom is 0.261 e. The molecule has 0 spiro atoms. The predicted molar refractivity (Wildman–Crippen MR) is 105 cm³/mol. The van der Waals surface area contributed by atoms with Gasteiger partial charge in [-0.3, -0.25) is 14.3 Å². The van der Waals surface area contributed by atoms with Gasteiger partial charge in [-0.15, -0.1) is 0 Å². The Morgan fingerprint density at radius 3 is 2.93 bits per heavy atom. The molecule has 138 valence electrons. The van der Waals surface area contributed by atoms with Gasteiger partial charge in [0.2, 0.25) is 0 Å². The van der Waals surface area contributed by atoms with Gasteiger partial charge in [0.1, 0.15) is 5.52 Å². The lowest BCUT2D eigenvalue weighted by atomic mass is 9.95. The molecule has 0 aromatic carbocycles. The van der Waals surface area contributed by atoms with E-state index in [1.807, 2.05) is 18.2 Å². The van der Waals surface area contributed by atoms with Crippen LogP contribution in [0.3, 0.4) is 0 Å². The summed E-state index contributed by atoms with van der Waals surface area (Å²) >= 11 is 0. The molecule has 27 heavy (non-hydrogen) atoms. The number of aliphatic hydroxyl groups is 1. The molecule has 0 amide bonds. The first-order valence-electron chi connectivity index (χ1n) is 9.31. The summed E-state index contributed by atoms with van der Waals surface area (Å²) in [7, 11) is 0. The smallest absolute Gasteiger partial charge is 0.261 e. The molecule has 0 aliphatic heterocycles. The van der Waals surface area contributed by atoms with Crippen molar-refractivity contribution in [3.8, 4) is 11.3 Å². The molecule has 0 saturated carbocycles. The van der Waals surface area contributed by atoms with Crippen molar-refractivity contribution in [3.05, 3.63) is 59.0 Å². The summed E-state index contributed by atoms with van der Waals surface area (Å²) in [6.45, 7) is 1.67. The summed E-state index contributed by atoms with van der Waals surface area (Å²) < 4.78 is 1.48. The van der Waals surface area contributed by atoms with Gasteiger partial charge in [0, 0.05) is 18.0 Å². The van der Waals surface area contributed by atoms with E-state index >= 15 is 0 Å². The summed E-state index contributed by atoms with van der Waals surface area (Å²) in [5.41, 5.74) is 3.91. The number of nitrogens with zero attached hydrogens (tertiary/aromatic N) is 4. The molecule has 3 aromatic heterocycles. The lowest BCUT2D eigenvalue weighted by Gasteiger charge is -2.16. The Morgan fingerprint density at radius 1 is 1.33 bits per heavy atom. The first-order valence-corrected chi connectivity index (χ1v) is 9.31. The number of rotatable bonds is 4. The molecule has 6 nitrogen and oxygen atoms in total. The quantitative estimate of drug-likeness (QED) is 0.770. The van der Waals surface area contributed by atoms with Gasteiger partial charge in [-0.05, 0) is 56.4 Å². The summed E-state index contributed by atoms with van der Waals surface area (Å²) in [5.74, 6) is 0. The highest BCUT2D eigenvalue weighted by molar-refractivity contribution is 5.92. The summed E-state index contributed by atoms with van der Waals surface area (Å²) in [6, 6.07) is 5.30. The van der Waals surface area contributed by atoms with Gasteiger partial charge in [-0.2, -0.15) is 0 Å². The van der Waals surface area contributed by atoms with Crippen LogP contribution in [0.4, 0.5) is 0 Å². The molecule has 1 aliphatic rings. The van der Waals surface area contributed by atoms with Crippen molar-refractivity contribution in [1.82, 2.24) is 19.5 Å². The van der Waals surface area contributed by atoms with Gasteiger partial charge >= 0.3 is 0 Å². The standard InChI is InChI=1S/C21H22N4O2/c1-14(12-26)25-13-23-20-17(21(25)27)10-18(15-6-3-2-4-7-15)24-19(20)16-8-5-9-22-11-16/h5-6,8-11,13-14,26H,2-4,7,12H2,1H3/t14-/m0/s1. The predicted octanol–water partition coefficient (Wildman–Crippen LogP) is 3.36. The minimum absolute atomic E-state index is 0.119. The molecule has 3 aromatic rings.